The SMILES string of the molecule is CC1(C)C[C@]2(C(N)=O)CN(C(=O)c3cccc(Cl)c3Cl)C[C@H]12. The van der Waals surface area contributed by atoms with Gasteiger partial charge in [0.2, 0.25) is 5.91 Å². The molecule has 1 aromatic carbocycles. The molecule has 1 aliphatic heterocycles. The van der Waals surface area contributed by atoms with Crippen LogP contribution in [0.4, 0.5) is 0 Å². The molecule has 2 atom stereocenters. The van der Waals surface area contributed by atoms with Gasteiger partial charge in [0.05, 0.1) is 21.0 Å². The van der Waals surface area contributed by atoms with Gasteiger partial charge in [0.15, 0.2) is 0 Å². The molecule has 1 saturated heterocycles. The minimum Gasteiger partial charge on any atom is -0.369 e. The van der Waals surface area contributed by atoms with Crippen LogP contribution in [-0.2, 0) is 4.79 Å². The number of hydrogen-bond acceptors (Lipinski definition) is 2. The predicted molar refractivity (Wildman–Crippen MR) is 85.9 cm³/mol. The molecule has 0 radical (unpaired) electrons. The van der Waals surface area contributed by atoms with E-state index in [2.05, 4.69) is 13.8 Å². The van der Waals surface area contributed by atoms with Crippen LogP contribution in [0.15, 0.2) is 18.2 Å². The summed E-state index contributed by atoms with van der Waals surface area (Å²) in [4.78, 5) is 26.4. The first kappa shape index (κ1) is 15.6. The molecule has 0 bridgehead atoms. The highest BCUT2D eigenvalue weighted by molar-refractivity contribution is 6.43. The van der Waals surface area contributed by atoms with Crippen molar-refractivity contribution in [1.29, 1.82) is 0 Å². The number of nitrogens with zero attached hydrogens (tertiary/aromatic N) is 1. The van der Waals surface area contributed by atoms with Crippen LogP contribution in [0.25, 0.3) is 0 Å². The van der Waals surface area contributed by atoms with Crippen LogP contribution < -0.4 is 5.73 Å². The van der Waals surface area contributed by atoms with E-state index in [-0.39, 0.29) is 28.2 Å². The molecule has 4 nitrogen and oxygen atoms in total. The Morgan fingerprint density at radius 1 is 1.32 bits per heavy atom. The summed E-state index contributed by atoms with van der Waals surface area (Å²) in [5, 5.41) is 0.598. The monoisotopic (exact) mass is 340 g/mol. The summed E-state index contributed by atoms with van der Waals surface area (Å²) in [6.45, 7) is 5.11. The minimum atomic E-state index is -0.593. The van der Waals surface area contributed by atoms with Gasteiger partial charge in [-0.05, 0) is 29.9 Å². The molecule has 3 rings (SSSR count). The van der Waals surface area contributed by atoms with E-state index in [1.54, 1.807) is 23.1 Å². The molecule has 2 fully saturated rings. The summed E-state index contributed by atoms with van der Waals surface area (Å²) < 4.78 is 0. The van der Waals surface area contributed by atoms with Crippen molar-refractivity contribution in [2.75, 3.05) is 13.1 Å². The molecule has 2 N–H and O–H groups in total. The smallest absolute Gasteiger partial charge is 0.255 e. The van der Waals surface area contributed by atoms with Gasteiger partial charge in [-0.2, -0.15) is 0 Å². The highest BCUT2D eigenvalue weighted by atomic mass is 35.5. The molecule has 2 aliphatic rings. The molecule has 1 aliphatic carbocycles. The quantitative estimate of drug-likeness (QED) is 0.899. The Labute approximate surface area is 139 Å². The van der Waals surface area contributed by atoms with Crippen molar-refractivity contribution in [3.8, 4) is 0 Å². The summed E-state index contributed by atoms with van der Waals surface area (Å²) in [5.41, 5.74) is 5.42. The number of hydrogen-bond donors (Lipinski definition) is 1. The third-order valence-corrected chi connectivity index (χ3v) is 6.04. The molecule has 118 valence electrons. The first-order chi connectivity index (χ1) is 10.2. The molecular formula is C16H18Cl2N2O2. The summed E-state index contributed by atoms with van der Waals surface area (Å²) in [6, 6.07) is 4.99. The number of likely N-dealkylation sites (tertiary alicyclic amines) is 1. The van der Waals surface area contributed by atoms with Crippen LogP contribution in [0.2, 0.25) is 10.0 Å². The fourth-order valence-corrected chi connectivity index (χ4v) is 4.60. The second kappa shape index (κ2) is 4.87. The van der Waals surface area contributed by atoms with Crippen LogP contribution in [-0.4, -0.2) is 29.8 Å². The lowest BCUT2D eigenvalue weighted by atomic mass is 9.48. The maximum atomic E-state index is 12.7. The number of carbonyl (C=O) groups excluding carboxylic acids is 2. The number of nitrogens with two attached hydrogens (primary N) is 1. The predicted octanol–water partition coefficient (Wildman–Crippen LogP) is 2.97. The number of fused-ring (bicyclic) bond motifs is 1. The van der Waals surface area contributed by atoms with E-state index in [4.69, 9.17) is 28.9 Å². The Bertz CT molecular complexity index is 674. The van der Waals surface area contributed by atoms with Crippen LogP contribution in [0, 0.1) is 16.7 Å². The Hall–Kier alpha value is -1.26. The molecule has 0 unspecified atom stereocenters. The first-order valence-corrected chi connectivity index (χ1v) is 7.98. The van der Waals surface area contributed by atoms with E-state index in [0.29, 0.717) is 30.1 Å². The average Bonchev–Trinajstić information content (AvgIpc) is 2.77. The molecule has 6 heteroatoms. The molecule has 1 aromatic rings. The van der Waals surface area contributed by atoms with Gasteiger partial charge in [0, 0.05) is 13.1 Å². The van der Waals surface area contributed by atoms with Crippen molar-refractivity contribution in [2.24, 2.45) is 22.5 Å². The van der Waals surface area contributed by atoms with E-state index in [1.165, 1.54) is 0 Å². The van der Waals surface area contributed by atoms with Crippen LogP contribution in [0.5, 0.6) is 0 Å². The fourth-order valence-electron chi connectivity index (χ4n) is 4.22. The Kier molecular flexibility index (Phi) is 3.46. The number of amides is 2. The van der Waals surface area contributed by atoms with Gasteiger partial charge in [-0.15, -0.1) is 0 Å². The van der Waals surface area contributed by atoms with E-state index in [1.807, 2.05) is 0 Å². The standard InChI is InChI=1S/C16H18Cl2N2O2/c1-15(2)7-16(14(19)22)8-20(6-11(15)16)13(21)9-4-3-5-10(17)12(9)18/h3-5,11H,6-8H2,1-2H3,(H2,19,22)/t11-,16+/m1/s1. The molecule has 2 amide bonds. The Morgan fingerprint density at radius 3 is 2.55 bits per heavy atom. The van der Waals surface area contributed by atoms with Crippen molar-refractivity contribution >= 4 is 35.0 Å². The number of carbonyl (C=O) groups is 2. The van der Waals surface area contributed by atoms with Crippen molar-refractivity contribution < 1.29 is 9.59 Å². The average molecular weight is 341 g/mol. The molecular weight excluding hydrogens is 323 g/mol. The lowest BCUT2D eigenvalue weighted by Crippen LogP contribution is -2.59. The lowest BCUT2D eigenvalue weighted by molar-refractivity contribution is -0.148. The van der Waals surface area contributed by atoms with Crippen molar-refractivity contribution in [2.45, 2.75) is 20.3 Å². The highest BCUT2D eigenvalue weighted by Gasteiger charge is 2.66. The summed E-state index contributed by atoms with van der Waals surface area (Å²) in [6.07, 6.45) is 0.715. The summed E-state index contributed by atoms with van der Waals surface area (Å²) in [5.74, 6) is -0.415. The van der Waals surface area contributed by atoms with Gasteiger partial charge in [-0.25, -0.2) is 0 Å². The van der Waals surface area contributed by atoms with Gasteiger partial charge in [-0.3, -0.25) is 9.59 Å². The Morgan fingerprint density at radius 2 is 2.00 bits per heavy atom. The normalized spacial score (nSPS) is 28.9. The van der Waals surface area contributed by atoms with E-state index >= 15 is 0 Å². The maximum absolute atomic E-state index is 12.7. The number of halogens is 2. The zero-order valence-corrected chi connectivity index (χ0v) is 14.0. The van der Waals surface area contributed by atoms with Gasteiger partial charge in [0.25, 0.3) is 5.91 Å². The maximum Gasteiger partial charge on any atom is 0.255 e. The van der Waals surface area contributed by atoms with Crippen molar-refractivity contribution in [1.82, 2.24) is 4.90 Å². The minimum absolute atomic E-state index is 0.0161. The summed E-state index contributed by atoms with van der Waals surface area (Å²) in [7, 11) is 0. The van der Waals surface area contributed by atoms with E-state index in [9.17, 15) is 9.59 Å². The Balaban J connectivity index is 1.90. The zero-order chi connectivity index (χ0) is 16.3. The number of primary amides is 1. The topological polar surface area (TPSA) is 63.4 Å². The fraction of sp³-hybridized carbons (Fsp3) is 0.500. The van der Waals surface area contributed by atoms with E-state index in [0.717, 1.165) is 0 Å². The second-order valence-electron chi connectivity index (χ2n) is 7.03. The summed E-state index contributed by atoms with van der Waals surface area (Å²) >= 11 is 12.1. The molecule has 22 heavy (non-hydrogen) atoms. The highest BCUT2D eigenvalue weighted by Crippen LogP contribution is 2.62. The molecule has 1 saturated carbocycles. The van der Waals surface area contributed by atoms with Crippen LogP contribution in [0.3, 0.4) is 0 Å². The zero-order valence-electron chi connectivity index (χ0n) is 12.5. The largest absolute Gasteiger partial charge is 0.369 e. The third-order valence-electron chi connectivity index (χ3n) is 5.22. The third kappa shape index (κ3) is 2.04. The second-order valence-corrected chi connectivity index (χ2v) is 7.81. The number of benzene rings is 1. The van der Waals surface area contributed by atoms with Gasteiger partial charge >= 0.3 is 0 Å². The number of rotatable bonds is 2. The molecule has 1 heterocycles. The van der Waals surface area contributed by atoms with Gasteiger partial charge < -0.3 is 10.6 Å². The first-order valence-electron chi connectivity index (χ1n) is 7.22. The van der Waals surface area contributed by atoms with Crippen LogP contribution >= 0.6 is 23.2 Å². The van der Waals surface area contributed by atoms with Gasteiger partial charge in [-0.1, -0.05) is 43.1 Å². The molecule has 0 aromatic heterocycles. The van der Waals surface area contributed by atoms with Crippen molar-refractivity contribution in [3.05, 3.63) is 33.8 Å². The van der Waals surface area contributed by atoms with E-state index < -0.39 is 5.41 Å². The van der Waals surface area contributed by atoms with Gasteiger partial charge in [0.1, 0.15) is 0 Å². The lowest BCUT2D eigenvalue weighted by Gasteiger charge is -2.54. The van der Waals surface area contributed by atoms with Crippen molar-refractivity contribution in [3.63, 3.8) is 0 Å². The molecule has 0 spiro atoms. The van der Waals surface area contributed by atoms with Crippen LogP contribution in [0.1, 0.15) is 30.6 Å².